The molecule has 2 rings (SSSR count). The number of hydrogen-bond donors (Lipinski definition) is 1. The molecule has 2 heterocycles. The van der Waals surface area contributed by atoms with Crippen molar-refractivity contribution in [3.8, 4) is 0 Å². The second kappa shape index (κ2) is 5.27. The molecule has 0 saturated carbocycles. The summed E-state index contributed by atoms with van der Waals surface area (Å²) in [5.74, 6) is 0.133. The average Bonchev–Trinajstić information content (AvgIpc) is 2.98. The van der Waals surface area contributed by atoms with Gasteiger partial charge in [-0.05, 0) is 26.8 Å². The van der Waals surface area contributed by atoms with Crippen LogP contribution in [-0.2, 0) is 4.79 Å². The standard InChI is InChI=1S/C11H19N5O/c1-9(16-8-13-7-14-16)11(17)15-5-3-4-10(15)6-12-2/h7-10,12H,3-6H2,1-2H3. The first-order valence-electron chi connectivity index (χ1n) is 6.03. The normalized spacial score (nSPS) is 21.8. The van der Waals surface area contributed by atoms with Crippen molar-refractivity contribution >= 4 is 5.91 Å². The van der Waals surface area contributed by atoms with E-state index in [1.807, 2.05) is 18.9 Å². The molecule has 2 unspecified atom stereocenters. The highest BCUT2D eigenvalue weighted by atomic mass is 16.2. The summed E-state index contributed by atoms with van der Waals surface area (Å²) in [6, 6.07) is 0.0495. The Labute approximate surface area is 101 Å². The number of aromatic nitrogens is 3. The first-order valence-corrected chi connectivity index (χ1v) is 6.03. The third-order valence-corrected chi connectivity index (χ3v) is 3.29. The van der Waals surface area contributed by atoms with Crippen molar-refractivity contribution in [3.63, 3.8) is 0 Å². The number of nitrogens with one attached hydrogen (secondary N) is 1. The highest BCUT2D eigenvalue weighted by Crippen LogP contribution is 2.20. The van der Waals surface area contributed by atoms with Crippen LogP contribution in [0.5, 0.6) is 0 Å². The Morgan fingerprint density at radius 1 is 1.65 bits per heavy atom. The lowest BCUT2D eigenvalue weighted by atomic mass is 10.2. The van der Waals surface area contributed by atoms with E-state index in [0.717, 1.165) is 25.9 Å². The van der Waals surface area contributed by atoms with Gasteiger partial charge in [-0.25, -0.2) is 9.67 Å². The number of hydrogen-bond acceptors (Lipinski definition) is 4. The molecule has 0 aliphatic carbocycles. The molecule has 6 nitrogen and oxygen atoms in total. The van der Waals surface area contributed by atoms with Gasteiger partial charge in [-0.3, -0.25) is 4.79 Å². The van der Waals surface area contributed by atoms with E-state index in [2.05, 4.69) is 15.4 Å². The van der Waals surface area contributed by atoms with Crippen molar-refractivity contribution in [3.05, 3.63) is 12.7 Å². The van der Waals surface area contributed by atoms with Gasteiger partial charge in [-0.1, -0.05) is 0 Å². The van der Waals surface area contributed by atoms with Gasteiger partial charge in [-0.15, -0.1) is 0 Å². The van der Waals surface area contributed by atoms with Gasteiger partial charge in [-0.2, -0.15) is 5.10 Å². The molecule has 1 saturated heterocycles. The number of carbonyl (C=O) groups excluding carboxylic acids is 1. The Hall–Kier alpha value is -1.43. The van der Waals surface area contributed by atoms with E-state index < -0.39 is 0 Å². The van der Waals surface area contributed by atoms with Crippen LogP contribution in [0.4, 0.5) is 0 Å². The quantitative estimate of drug-likeness (QED) is 0.803. The molecule has 1 aromatic heterocycles. The first-order chi connectivity index (χ1) is 8.24. The Kier molecular flexibility index (Phi) is 3.73. The van der Waals surface area contributed by atoms with Crippen molar-refractivity contribution in [2.75, 3.05) is 20.1 Å². The Morgan fingerprint density at radius 3 is 3.12 bits per heavy atom. The molecule has 1 N–H and O–H groups in total. The number of likely N-dealkylation sites (tertiary alicyclic amines) is 1. The third-order valence-electron chi connectivity index (χ3n) is 3.29. The maximum atomic E-state index is 12.3. The van der Waals surface area contributed by atoms with Gasteiger partial charge in [0.15, 0.2) is 0 Å². The van der Waals surface area contributed by atoms with Crippen LogP contribution < -0.4 is 5.32 Å². The summed E-state index contributed by atoms with van der Waals surface area (Å²) in [7, 11) is 1.92. The lowest BCUT2D eigenvalue weighted by molar-refractivity contribution is -0.135. The molecule has 1 aliphatic rings. The molecule has 0 aromatic carbocycles. The van der Waals surface area contributed by atoms with Gasteiger partial charge in [0.05, 0.1) is 0 Å². The molecule has 94 valence electrons. The topological polar surface area (TPSA) is 63.1 Å². The molecule has 0 bridgehead atoms. The molecule has 1 fully saturated rings. The molecule has 0 spiro atoms. The third kappa shape index (κ3) is 2.46. The van der Waals surface area contributed by atoms with Crippen LogP contribution in [0.15, 0.2) is 12.7 Å². The summed E-state index contributed by atoms with van der Waals surface area (Å²) in [6.07, 6.45) is 5.21. The SMILES string of the molecule is CNCC1CCCN1C(=O)C(C)n1cncn1. The fourth-order valence-electron chi connectivity index (χ4n) is 2.34. The zero-order valence-electron chi connectivity index (χ0n) is 10.3. The lowest BCUT2D eigenvalue weighted by Crippen LogP contribution is -2.43. The van der Waals surface area contributed by atoms with E-state index in [9.17, 15) is 4.79 Å². The van der Waals surface area contributed by atoms with Gasteiger partial charge in [0, 0.05) is 19.1 Å². The van der Waals surface area contributed by atoms with Crippen LogP contribution in [0, 0.1) is 0 Å². The van der Waals surface area contributed by atoms with Gasteiger partial charge in [0.2, 0.25) is 5.91 Å². The molecular formula is C11H19N5O. The average molecular weight is 237 g/mol. The zero-order valence-corrected chi connectivity index (χ0v) is 10.3. The predicted molar refractivity (Wildman–Crippen MR) is 63.4 cm³/mol. The molecular weight excluding hydrogens is 218 g/mol. The first kappa shape index (κ1) is 12.0. The minimum Gasteiger partial charge on any atom is -0.337 e. The second-order valence-electron chi connectivity index (χ2n) is 4.44. The number of amides is 1. The van der Waals surface area contributed by atoms with Crippen LogP contribution in [0.2, 0.25) is 0 Å². The summed E-state index contributed by atoms with van der Waals surface area (Å²) in [5.41, 5.74) is 0. The van der Waals surface area contributed by atoms with Crippen LogP contribution in [0.1, 0.15) is 25.8 Å². The van der Waals surface area contributed by atoms with Gasteiger partial charge in [0.25, 0.3) is 0 Å². The van der Waals surface area contributed by atoms with Gasteiger partial charge >= 0.3 is 0 Å². The number of likely N-dealkylation sites (N-methyl/N-ethyl adjacent to an activating group) is 1. The van der Waals surface area contributed by atoms with Gasteiger partial charge < -0.3 is 10.2 Å². The Balaban J connectivity index is 2.04. The molecule has 1 amide bonds. The molecule has 0 radical (unpaired) electrons. The maximum Gasteiger partial charge on any atom is 0.247 e. The number of rotatable bonds is 4. The maximum absolute atomic E-state index is 12.3. The molecule has 2 atom stereocenters. The van der Waals surface area contributed by atoms with Crippen molar-refractivity contribution < 1.29 is 4.79 Å². The zero-order chi connectivity index (χ0) is 12.3. The van der Waals surface area contributed by atoms with E-state index >= 15 is 0 Å². The van der Waals surface area contributed by atoms with Crippen LogP contribution in [0.3, 0.4) is 0 Å². The molecule has 6 heteroatoms. The molecule has 17 heavy (non-hydrogen) atoms. The minimum absolute atomic E-state index is 0.133. The highest BCUT2D eigenvalue weighted by Gasteiger charge is 2.31. The van der Waals surface area contributed by atoms with Crippen LogP contribution in [-0.4, -0.2) is 51.8 Å². The lowest BCUT2D eigenvalue weighted by Gasteiger charge is -2.27. The predicted octanol–water partition coefficient (Wildman–Crippen LogP) is 0.0495. The van der Waals surface area contributed by atoms with Crippen LogP contribution >= 0.6 is 0 Å². The van der Waals surface area contributed by atoms with Crippen molar-refractivity contribution in [2.45, 2.75) is 31.8 Å². The van der Waals surface area contributed by atoms with Gasteiger partial charge in [0.1, 0.15) is 18.7 Å². The number of nitrogens with zero attached hydrogens (tertiary/aromatic N) is 4. The second-order valence-corrected chi connectivity index (χ2v) is 4.44. The van der Waals surface area contributed by atoms with E-state index in [1.165, 1.54) is 6.33 Å². The largest absolute Gasteiger partial charge is 0.337 e. The number of carbonyl (C=O) groups is 1. The fraction of sp³-hybridized carbons (Fsp3) is 0.727. The van der Waals surface area contributed by atoms with E-state index in [0.29, 0.717) is 6.04 Å². The monoisotopic (exact) mass is 237 g/mol. The molecule has 1 aromatic rings. The summed E-state index contributed by atoms with van der Waals surface area (Å²) in [6.45, 7) is 3.58. The van der Waals surface area contributed by atoms with Crippen molar-refractivity contribution in [2.24, 2.45) is 0 Å². The summed E-state index contributed by atoms with van der Waals surface area (Å²) < 4.78 is 1.61. The smallest absolute Gasteiger partial charge is 0.247 e. The summed E-state index contributed by atoms with van der Waals surface area (Å²) in [5, 5.41) is 7.16. The summed E-state index contributed by atoms with van der Waals surface area (Å²) in [4.78, 5) is 18.2. The Bertz CT molecular complexity index is 364. The molecule has 1 aliphatic heterocycles. The fourth-order valence-corrected chi connectivity index (χ4v) is 2.34. The van der Waals surface area contributed by atoms with Crippen molar-refractivity contribution in [1.82, 2.24) is 25.0 Å². The van der Waals surface area contributed by atoms with Crippen LogP contribution in [0.25, 0.3) is 0 Å². The van der Waals surface area contributed by atoms with E-state index in [1.54, 1.807) is 11.0 Å². The minimum atomic E-state index is -0.269. The van der Waals surface area contributed by atoms with E-state index in [-0.39, 0.29) is 11.9 Å². The highest BCUT2D eigenvalue weighted by molar-refractivity contribution is 5.80. The van der Waals surface area contributed by atoms with Crippen molar-refractivity contribution in [1.29, 1.82) is 0 Å². The summed E-state index contributed by atoms with van der Waals surface area (Å²) >= 11 is 0. The Morgan fingerprint density at radius 2 is 2.47 bits per heavy atom. The van der Waals surface area contributed by atoms with E-state index in [4.69, 9.17) is 0 Å².